The zero-order valence-electron chi connectivity index (χ0n) is 14.5. The van der Waals surface area contributed by atoms with Crippen molar-refractivity contribution in [3.8, 4) is 28.1 Å². The van der Waals surface area contributed by atoms with Crippen LogP contribution in [0.5, 0.6) is 5.75 Å². The van der Waals surface area contributed by atoms with E-state index in [4.69, 9.17) is 4.74 Å². The number of aliphatic hydroxyl groups is 1. The van der Waals surface area contributed by atoms with Crippen LogP contribution in [0.3, 0.4) is 0 Å². The fraction of sp³-hybridized carbons (Fsp3) is 0.105. The minimum absolute atomic E-state index is 0.785. The molecule has 3 nitrogen and oxygen atoms in total. The van der Waals surface area contributed by atoms with Gasteiger partial charge in [-0.1, -0.05) is 46.3 Å². The van der Waals surface area contributed by atoms with E-state index in [0.29, 0.717) is 0 Å². The summed E-state index contributed by atoms with van der Waals surface area (Å²) in [6, 6.07) is 17.9. The van der Waals surface area contributed by atoms with E-state index in [0.717, 1.165) is 38.2 Å². The van der Waals surface area contributed by atoms with Gasteiger partial charge in [0.1, 0.15) is 21.4 Å². The molecule has 0 spiro atoms. The van der Waals surface area contributed by atoms with Gasteiger partial charge in [-0.3, -0.25) is 4.98 Å². The molecule has 1 heterocycles. The Bertz CT molecular complexity index is 893. The molecule has 3 rings (SSSR count). The zero-order chi connectivity index (χ0) is 18.0. The Morgan fingerprint density at radius 2 is 1.80 bits per heavy atom. The van der Waals surface area contributed by atoms with E-state index in [2.05, 4.69) is 27.0 Å². The van der Waals surface area contributed by atoms with Crippen molar-refractivity contribution in [3.05, 3.63) is 70.8 Å². The first-order valence-electron chi connectivity index (χ1n) is 8.02. The number of aromatic nitrogens is 1. The third-order valence-electron chi connectivity index (χ3n) is 4.13. The van der Waals surface area contributed by atoms with Gasteiger partial charge in [-0.05, 0) is 35.4 Å². The van der Waals surface area contributed by atoms with Gasteiger partial charge < -0.3 is 9.84 Å². The molecule has 0 saturated heterocycles. The van der Waals surface area contributed by atoms with Crippen molar-refractivity contribution in [2.24, 2.45) is 0 Å². The van der Waals surface area contributed by atoms with Crippen LogP contribution in [0.4, 0.5) is 0 Å². The lowest BCUT2D eigenvalue weighted by atomic mass is 9.62. The minimum atomic E-state index is -0.896. The van der Waals surface area contributed by atoms with Crippen LogP contribution < -0.4 is 4.74 Å². The summed E-state index contributed by atoms with van der Waals surface area (Å²) in [4.78, 5) is 4.49. The van der Waals surface area contributed by atoms with E-state index in [-0.39, 0.29) is 0 Å². The lowest BCUT2D eigenvalue weighted by molar-refractivity contribution is 0.216. The summed E-state index contributed by atoms with van der Waals surface area (Å²) < 4.78 is 6.63. The van der Waals surface area contributed by atoms with Gasteiger partial charge in [0.05, 0.1) is 12.8 Å². The summed E-state index contributed by atoms with van der Waals surface area (Å²) in [6.07, 6.45) is 1.71. The van der Waals surface area contributed by atoms with E-state index >= 15 is 0 Å². The van der Waals surface area contributed by atoms with Gasteiger partial charge in [-0.2, -0.15) is 0 Å². The molecular formula is C19H18B2BrNO2. The predicted octanol–water partition coefficient (Wildman–Crippen LogP) is 2.56. The number of hydrogen-bond acceptors (Lipinski definition) is 3. The minimum Gasteiger partial charge on any atom is -0.496 e. The van der Waals surface area contributed by atoms with Gasteiger partial charge >= 0.3 is 0 Å². The number of ether oxygens (including phenoxy) is 1. The lowest BCUT2D eigenvalue weighted by Crippen LogP contribution is -2.25. The number of hydrogen-bond donors (Lipinski definition) is 1. The van der Waals surface area contributed by atoms with Gasteiger partial charge in [-0.15, -0.1) is 0 Å². The smallest absolute Gasteiger partial charge is 0.137 e. The highest BCUT2D eigenvalue weighted by molar-refractivity contribution is 9.10. The number of rotatable bonds is 4. The summed E-state index contributed by atoms with van der Waals surface area (Å²) in [5.74, 6) is 0.790. The third-order valence-corrected chi connectivity index (χ3v) is 4.82. The second kappa shape index (κ2) is 7.06. The largest absolute Gasteiger partial charge is 0.496 e. The third kappa shape index (κ3) is 3.80. The van der Waals surface area contributed by atoms with E-state index < -0.39 is 5.40 Å². The highest BCUT2D eigenvalue weighted by Crippen LogP contribution is 2.37. The van der Waals surface area contributed by atoms with E-state index in [1.165, 1.54) is 0 Å². The molecule has 0 saturated carbocycles. The first-order valence-corrected chi connectivity index (χ1v) is 8.81. The molecule has 3 aromatic rings. The molecule has 6 heteroatoms. The summed E-state index contributed by atoms with van der Waals surface area (Å²) in [5.41, 5.74) is 4.69. The Hall–Kier alpha value is -2.04. The summed E-state index contributed by atoms with van der Waals surface area (Å²) >= 11 is 3.59. The van der Waals surface area contributed by atoms with Crippen LogP contribution in [-0.2, 0) is 5.40 Å². The fourth-order valence-corrected chi connectivity index (χ4v) is 3.18. The van der Waals surface area contributed by atoms with Crippen molar-refractivity contribution in [2.45, 2.75) is 5.40 Å². The number of nitrogens with zero attached hydrogens (tertiary/aromatic N) is 1. The quantitative estimate of drug-likeness (QED) is 0.693. The number of benzene rings is 2. The Morgan fingerprint density at radius 1 is 1.04 bits per heavy atom. The average Bonchev–Trinajstić information content (AvgIpc) is 2.61. The molecule has 0 aliphatic carbocycles. The topological polar surface area (TPSA) is 42.4 Å². The van der Waals surface area contributed by atoms with Crippen LogP contribution in [0, 0.1) is 0 Å². The van der Waals surface area contributed by atoms with Crippen molar-refractivity contribution >= 4 is 31.6 Å². The first kappa shape index (κ1) is 17.8. The Kier molecular flexibility index (Phi) is 5.02. The number of halogens is 1. The van der Waals surface area contributed by atoms with Gasteiger partial charge in [0.15, 0.2) is 0 Å². The summed E-state index contributed by atoms with van der Waals surface area (Å²) in [7, 11) is 5.17. The molecule has 0 bridgehead atoms. The number of pyridine rings is 1. The van der Waals surface area contributed by atoms with E-state index in [9.17, 15) is 5.11 Å². The van der Waals surface area contributed by atoms with Crippen molar-refractivity contribution in [1.82, 2.24) is 4.98 Å². The molecule has 0 unspecified atom stereocenters. The predicted molar refractivity (Wildman–Crippen MR) is 110 cm³/mol. The van der Waals surface area contributed by atoms with Gasteiger partial charge in [-0.25, -0.2) is 0 Å². The number of methoxy groups -OCH3 is 1. The van der Waals surface area contributed by atoms with Crippen molar-refractivity contribution < 1.29 is 9.84 Å². The SMILES string of the molecule is BC(B)(O)c1ccc(-c2ccc(-c3ccccc3Br)c(OC)c2)nc1. The molecule has 0 amide bonds. The summed E-state index contributed by atoms with van der Waals surface area (Å²) in [5, 5.41) is 9.16. The van der Waals surface area contributed by atoms with Crippen LogP contribution in [0.15, 0.2) is 65.3 Å². The molecule has 1 N–H and O–H groups in total. The molecule has 0 aliphatic heterocycles. The van der Waals surface area contributed by atoms with Crippen LogP contribution >= 0.6 is 15.9 Å². The molecule has 0 radical (unpaired) electrons. The monoisotopic (exact) mass is 393 g/mol. The molecule has 2 aromatic carbocycles. The normalized spacial score (nSPS) is 11.3. The molecule has 0 fully saturated rings. The highest BCUT2D eigenvalue weighted by Gasteiger charge is 2.17. The van der Waals surface area contributed by atoms with Crippen LogP contribution in [0.2, 0.25) is 0 Å². The summed E-state index contributed by atoms with van der Waals surface area (Å²) in [6.45, 7) is 0. The Labute approximate surface area is 158 Å². The lowest BCUT2D eigenvalue weighted by Gasteiger charge is -2.17. The average molecular weight is 394 g/mol. The maximum absolute atomic E-state index is 10.1. The molecule has 1 aromatic heterocycles. The molecule has 0 aliphatic rings. The van der Waals surface area contributed by atoms with Gasteiger partial charge in [0.2, 0.25) is 0 Å². The molecule has 0 atom stereocenters. The van der Waals surface area contributed by atoms with Crippen molar-refractivity contribution in [1.29, 1.82) is 0 Å². The second-order valence-corrected chi connectivity index (χ2v) is 7.24. The standard InChI is InChI=1S/C19H18B2BrNO2/c1-25-18-10-12(17-9-7-13(11-23-17)19(20,21)24)6-8-15(18)14-4-2-3-5-16(14)22/h2-11,24H,20-21H2,1H3. The molecular weight excluding hydrogens is 376 g/mol. The first-order chi connectivity index (χ1) is 11.9. The van der Waals surface area contributed by atoms with E-state index in [1.54, 1.807) is 29.0 Å². The Morgan fingerprint density at radius 3 is 2.40 bits per heavy atom. The van der Waals surface area contributed by atoms with Crippen molar-refractivity contribution in [3.63, 3.8) is 0 Å². The zero-order valence-corrected chi connectivity index (χ0v) is 16.0. The van der Waals surface area contributed by atoms with Crippen LogP contribution in [0.1, 0.15) is 5.56 Å². The van der Waals surface area contributed by atoms with Crippen LogP contribution in [-0.4, -0.2) is 32.9 Å². The highest BCUT2D eigenvalue weighted by atomic mass is 79.9. The molecule has 124 valence electrons. The van der Waals surface area contributed by atoms with E-state index in [1.807, 2.05) is 48.5 Å². The van der Waals surface area contributed by atoms with Gasteiger partial charge in [0, 0.05) is 27.2 Å². The fourth-order valence-electron chi connectivity index (χ4n) is 2.68. The van der Waals surface area contributed by atoms with Crippen LogP contribution in [0.25, 0.3) is 22.4 Å². The second-order valence-electron chi connectivity index (χ2n) is 6.39. The molecule has 25 heavy (non-hydrogen) atoms. The van der Waals surface area contributed by atoms with Gasteiger partial charge in [0.25, 0.3) is 0 Å². The maximum Gasteiger partial charge on any atom is 0.137 e. The maximum atomic E-state index is 10.1. The Balaban J connectivity index is 2.01. The van der Waals surface area contributed by atoms with Crippen molar-refractivity contribution in [2.75, 3.05) is 7.11 Å².